The normalized spacial score (nSPS) is 27.9. The van der Waals surface area contributed by atoms with Crippen LogP contribution in [0, 0.1) is 0 Å². The molecule has 0 aromatic heterocycles. The number of hydrogen-bond donors (Lipinski definition) is 1. The Morgan fingerprint density at radius 1 is 1.53 bits per heavy atom. The summed E-state index contributed by atoms with van der Waals surface area (Å²) in [5.41, 5.74) is 5.45. The van der Waals surface area contributed by atoms with E-state index in [1.54, 1.807) is 0 Å². The Kier molecular flexibility index (Phi) is 3.95. The van der Waals surface area contributed by atoms with E-state index in [0.717, 1.165) is 12.8 Å². The molecule has 2 atom stereocenters. The zero-order chi connectivity index (χ0) is 11.7. The summed E-state index contributed by atoms with van der Waals surface area (Å²) in [5, 5.41) is 0. The number of rotatable bonds is 4. The van der Waals surface area contributed by atoms with Crippen molar-refractivity contribution in [2.75, 3.05) is 11.5 Å². The summed E-state index contributed by atoms with van der Waals surface area (Å²) >= 11 is 0. The van der Waals surface area contributed by atoms with Gasteiger partial charge in [-0.15, -0.1) is 0 Å². The number of nitrogens with two attached hydrogens (primary N) is 1. The molecule has 1 fully saturated rings. The smallest absolute Gasteiger partial charge is 0.0698 e. The highest BCUT2D eigenvalue weighted by Gasteiger charge is 2.32. The van der Waals surface area contributed by atoms with Gasteiger partial charge in [0.15, 0.2) is 0 Å². The second-order valence-corrected chi connectivity index (χ2v) is 7.28. The zero-order valence-corrected chi connectivity index (χ0v) is 11.0. The Hall–Kier alpha value is 0.0700. The predicted molar refractivity (Wildman–Crippen MR) is 64.3 cm³/mol. The van der Waals surface area contributed by atoms with Crippen LogP contribution in [0.3, 0.4) is 0 Å². The maximum Gasteiger partial charge on any atom is 0.0698 e. The maximum absolute atomic E-state index is 11.8. The van der Waals surface area contributed by atoms with Crippen LogP contribution in [-0.2, 0) is 15.5 Å². The van der Waals surface area contributed by atoms with Gasteiger partial charge in [0.1, 0.15) is 0 Å². The summed E-state index contributed by atoms with van der Waals surface area (Å²) < 4.78 is 17.6. The number of hydrogen-bond acceptors (Lipinski definition) is 3. The molecule has 2 N–H and O–H groups in total. The van der Waals surface area contributed by atoms with E-state index in [2.05, 4.69) is 13.8 Å². The van der Waals surface area contributed by atoms with Crippen molar-refractivity contribution in [1.29, 1.82) is 0 Å². The lowest BCUT2D eigenvalue weighted by Crippen LogP contribution is -2.39. The molecule has 0 aliphatic carbocycles. The SMILES string of the molecule is CC(C)(N)CS(=O)CC1CCC(C)(C)O1. The van der Waals surface area contributed by atoms with E-state index in [1.807, 2.05) is 13.8 Å². The van der Waals surface area contributed by atoms with Gasteiger partial charge in [0.05, 0.1) is 11.7 Å². The van der Waals surface area contributed by atoms with Crippen LogP contribution < -0.4 is 5.73 Å². The topological polar surface area (TPSA) is 52.3 Å². The van der Waals surface area contributed by atoms with Gasteiger partial charge in [0.25, 0.3) is 0 Å². The lowest BCUT2D eigenvalue weighted by Gasteiger charge is -2.21. The van der Waals surface area contributed by atoms with Crippen LogP contribution in [0.5, 0.6) is 0 Å². The summed E-state index contributed by atoms with van der Waals surface area (Å²) in [6, 6.07) is 0. The highest BCUT2D eigenvalue weighted by Crippen LogP contribution is 2.29. The highest BCUT2D eigenvalue weighted by molar-refractivity contribution is 7.85. The van der Waals surface area contributed by atoms with Crippen LogP contribution >= 0.6 is 0 Å². The first-order chi connectivity index (χ1) is 6.68. The van der Waals surface area contributed by atoms with Crippen molar-refractivity contribution in [2.45, 2.75) is 57.8 Å². The predicted octanol–water partition coefficient (Wildman–Crippen LogP) is 1.43. The maximum atomic E-state index is 11.8. The van der Waals surface area contributed by atoms with E-state index in [1.165, 1.54) is 0 Å². The van der Waals surface area contributed by atoms with E-state index < -0.39 is 10.8 Å². The van der Waals surface area contributed by atoms with Gasteiger partial charge in [-0.1, -0.05) is 0 Å². The zero-order valence-electron chi connectivity index (χ0n) is 10.2. The summed E-state index contributed by atoms with van der Waals surface area (Å²) in [7, 11) is -0.863. The second-order valence-electron chi connectivity index (χ2n) is 5.78. The molecule has 0 saturated carbocycles. The molecule has 0 bridgehead atoms. The molecule has 1 saturated heterocycles. The summed E-state index contributed by atoms with van der Waals surface area (Å²) in [4.78, 5) is 0. The molecule has 15 heavy (non-hydrogen) atoms. The Bertz CT molecular complexity index is 245. The standard InChI is InChI=1S/C11H23NO2S/c1-10(2,12)8-15(13)7-9-5-6-11(3,4)14-9/h9H,5-8,12H2,1-4H3. The Morgan fingerprint density at radius 3 is 2.53 bits per heavy atom. The van der Waals surface area contributed by atoms with Crippen molar-refractivity contribution >= 4 is 10.8 Å². The second kappa shape index (κ2) is 4.52. The van der Waals surface area contributed by atoms with Crippen LogP contribution in [-0.4, -0.2) is 33.0 Å². The van der Waals surface area contributed by atoms with E-state index >= 15 is 0 Å². The van der Waals surface area contributed by atoms with Crippen molar-refractivity contribution in [1.82, 2.24) is 0 Å². The quantitative estimate of drug-likeness (QED) is 0.799. The summed E-state index contributed by atoms with van der Waals surface area (Å²) in [6.07, 6.45) is 2.23. The fraction of sp³-hybridized carbons (Fsp3) is 1.00. The molecule has 90 valence electrons. The monoisotopic (exact) mass is 233 g/mol. The molecule has 0 radical (unpaired) electrons. The molecule has 0 aromatic rings. The first kappa shape index (κ1) is 13.1. The third kappa shape index (κ3) is 5.09. The first-order valence-corrected chi connectivity index (χ1v) is 6.98. The van der Waals surface area contributed by atoms with Gasteiger partial charge < -0.3 is 10.5 Å². The first-order valence-electron chi connectivity index (χ1n) is 5.50. The molecule has 0 spiro atoms. The van der Waals surface area contributed by atoms with Crippen molar-refractivity contribution < 1.29 is 8.95 Å². The van der Waals surface area contributed by atoms with E-state index in [-0.39, 0.29) is 17.2 Å². The fourth-order valence-corrected chi connectivity index (χ4v) is 3.47. The average Bonchev–Trinajstić information content (AvgIpc) is 2.25. The van der Waals surface area contributed by atoms with Crippen LogP contribution in [0.25, 0.3) is 0 Å². The van der Waals surface area contributed by atoms with Gasteiger partial charge in [-0.05, 0) is 40.5 Å². The van der Waals surface area contributed by atoms with Crippen LogP contribution in [0.4, 0.5) is 0 Å². The van der Waals surface area contributed by atoms with Crippen LogP contribution in [0.1, 0.15) is 40.5 Å². The molecular weight excluding hydrogens is 210 g/mol. The lowest BCUT2D eigenvalue weighted by molar-refractivity contribution is -0.00499. The molecule has 0 amide bonds. The number of ether oxygens (including phenoxy) is 1. The Morgan fingerprint density at radius 2 is 2.13 bits per heavy atom. The lowest BCUT2D eigenvalue weighted by atomic mass is 10.1. The molecule has 2 unspecified atom stereocenters. The average molecular weight is 233 g/mol. The van der Waals surface area contributed by atoms with Crippen LogP contribution in [0.15, 0.2) is 0 Å². The molecular formula is C11H23NO2S. The molecule has 3 nitrogen and oxygen atoms in total. The molecule has 0 aromatic carbocycles. The minimum absolute atomic E-state index is 0.0346. The third-order valence-corrected chi connectivity index (χ3v) is 4.27. The van der Waals surface area contributed by atoms with E-state index in [0.29, 0.717) is 11.5 Å². The van der Waals surface area contributed by atoms with Gasteiger partial charge in [-0.3, -0.25) is 4.21 Å². The molecule has 1 aliphatic heterocycles. The van der Waals surface area contributed by atoms with Crippen molar-refractivity contribution in [3.05, 3.63) is 0 Å². The summed E-state index contributed by atoms with van der Waals surface area (Å²) in [6.45, 7) is 7.99. The fourth-order valence-electron chi connectivity index (χ4n) is 1.88. The van der Waals surface area contributed by atoms with E-state index in [9.17, 15) is 4.21 Å². The molecule has 1 aliphatic rings. The van der Waals surface area contributed by atoms with Crippen molar-refractivity contribution in [3.8, 4) is 0 Å². The van der Waals surface area contributed by atoms with Gasteiger partial charge in [-0.2, -0.15) is 0 Å². The molecule has 4 heteroatoms. The highest BCUT2D eigenvalue weighted by atomic mass is 32.2. The largest absolute Gasteiger partial charge is 0.371 e. The minimum atomic E-state index is -0.863. The Balaban J connectivity index is 2.34. The summed E-state index contributed by atoms with van der Waals surface area (Å²) in [5.74, 6) is 1.18. The van der Waals surface area contributed by atoms with Crippen LogP contribution in [0.2, 0.25) is 0 Å². The van der Waals surface area contributed by atoms with Crippen molar-refractivity contribution in [3.63, 3.8) is 0 Å². The molecule has 1 heterocycles. The Labute approximate surface area is 95.2 Å². The van der Waals surface area contributed by atoms with Gasteiger partial charge >= 0.3 is 0 Å². The minimum Gasteiger partial charge on any atom is -0.371 e. The van der Waals surface area contributed by atoms with Gasteiger partial charge in [0, 0.05) is 27.8 Å². The van der Waals surface area contributed by atoms with Gasteiger partial charge in [-0.25, -0.2) is 0 Å². The van der Waals surface area contributed by atoms with E-state index in [4.69, 9.17) is 10.5 Å². The van der Waals surface area contributed by atoms with Gasteiger partial charge in [0.2, 0.25) is 0 Å². The van der Waals surface area contributed by atoms with Crippen molar-refractivity contribution in [2.24, 2.45) is 5.73 Å². The molecule has 1 rings (SSSR count). The third-order valence-electron chi connectivity index (χ3n) is 2.46.